The number of phenols is 1. The normalized spacial score (nSPS) is 19.8. The van der Waals surface area contributed by atoms with E-state index in [2.05, 4.69) is 30.5 Å². The predicted octanol–water partition coefficient (Wildman–Crippen LogP) is 4.99. The van der Waals surface area contributed by atoms with Crippen LogP contribution in [0.5, 0.6) is 5.75 Å². The number of aryl methyl sites for hydroxylation is 1. The Morgan fingerprint density at radius 2 is 1.92 bits per heavy atom. The van der Waals surface area contributed by atoms with Gasteiger partial charge in [-0.25, -0.2) is 22.8 Å². The quantitative estimate of drug-likeness (QED) is 0.370. The van der Waals surface area contributed by atoms with Gasteiger partial charge in [-0.05, 0) is 24.7 Å². The van der Waals surface area contributed by atoms with Crippen molar-refractivity contribution in [1.29, 1.82) is 0 Å². The van der Waals surface area contributed by atoms with E-state index in [1.807, 2.05) is 0 Å². The number of benzene rings is 1. The molecule has 2 aromatic heterocycles. The third kappa shape index (κ3) is 4.36. The van der Waals surface area contributed by atoms with E-state index in [1.54, 1.807) is 11.9 Å². The van der Waals surface area contributed by atoms with Crippen molar-refractivity contribution in [2.24, 2.45) is 13.0 Å². The minimum absolute atomic E-state index is 0.188. The average Bonchev–Trinajstić information content (AvgIpc) is 3.14. The van der Waals surface area contributed by atoms with E-state index in [-0.39, 0.29) is 16.7 Å². The average molecular weight is 529 g/mol. The number of alkyl halides is 3. The highest BCUT2D eigenvalue weighted by atomic mass is 32.2. The van der Waals surface area contributed by atoms with E-state index in [1.165, 1.54) is 37.2 Å². The van der Waals surface area contributed by atoms with Crippen molar-refractivity contribution in [3.8, 4) is 17.0 Å². The SMILES string of the molecule is CSN1CCN(c2ncc3c(-c4cc(C(F)(F)F)c(F)c(O)c4F)nn(C)c3n2)CC1CC1CCC1. The second-order valence-corrected chi connectivity index (χ2v) is 10.1. The van der Waals surface area contributed by atoms with Gasteiger partial charge in [0.1, 0.15) is 5.69 Å². The van der Waals surface area contributed by atoms with Gasteiger partial charge in [-0.2, -0.15) is 23.3 Å². The molecule has 1 N–H and O–H groups in total. The maximum absolute atomic E-state index is 14.7. The van der Waals surface area contributed by atoms with Crippen LogP contribution in [0.15, 0.2) is 12.3 Å². The lowest BCUT2D eigenvalue weighted by atomic mass is 9.80. The zero-order valence-corrected chi connectivity index (χ0v) is 20.5. The molecule has 194 valence electrons. The number of fused-ring (bicyclic) bond motifs is 1. The van der Waals surface area contributed by atoms with Gasteiger partial charge >= 0.3 is 6.18 Å². The molecule has 1 atom stereocenters. The number of anilines is 1. The molecule has 7 nitrogen and oxygen atoms in total. The van der Waals surface area contributed by atoms with Crippen LogP contribution in [-0.2, 0) is 13.2 Å². The first-order chi connectivity index (χ1) is 17.1. The van der Waals surface area contributed by atoms with Gasteiger partial charge in [0.15, 0.2) is 23.0 Å². The van der Waals surface area contributed by atoms with Gasteiger partial charge in [0, 0.05) is 44.5 Å². The third-order valence-corrected chi connectivity index (χ3v) is 8.03. The highest BCUT2D eigenvalue weighted by Crippen LogP contribution is 2.41. The summed E-state index contributed by atoms with van der Waals surface area (Å²) in [5, 5.41) is 14.0. The van der Waals surface area contributed by atoms with Crippen molar-refractivity contribution in [2.45, 2.75) is 37.9 Å². The molecule has 2 aliphatic rings. The summed E-state index contributed by atoms with van der Waals surface area (Å²) in [6.45, 7) is 2.27. The molecule has 1 aromatic carbocycles. The summed E-state index contributed by atoms with van der Waals surface area (Å²) >= 11 is 1.73. The molecule has 1 saturated carbocycles. The number of aromatic nitrogens is 4. The highest BCUT2D eigenvalue weighted by Gasteiger charge is 2.38. The second-order valence-electron chi connectivity index (χ2n) is 9.28. The van der Waals surface area contributed by atoms with Crippen LogP contribution in [0.3, 0.4) is 0 Å². The van der Waals surface area contributed by atoms with Crippen molar-refractivity contribution < 1.29 is 27.1 Å². The molecule has 13 heteroatoms. The van der Waals surface area contributed by atoms with Crippen molar-refractivity contribution in [2.75, 3.05) is 30.8 Å². The number of rotatable bonds is 5. The molecule has 36 heavy (non-hydrogen) atoms. The van der Waals surface area contributed by atoms with Crippen LogP contribution in [0.25, 0.3) is 22.3 Å². The van der Waals surface area contributed by atoms with Crippen LogP contribution >= 0.6 is 11.9 Å². The predicted molar refractivity (Wildman–Crippen MR) is 127 cm³/mol. The minimum atomic E-state index is -5.13. The van der Waals surface area contributed by atoms with E-state index < -0.39 is 34.7 Å². The topological polar surface area (TPSA) is 70.3 Å². The zero-order valence-electron chi connectivity index (χ0n) is 19.7. The summed E-state index contributed by atoms with van der Waals surface area (Å²) in [5.74, 6) is -4.12. The number of aromatic hydroxyl groups is 1. The summed E-state index contributed by atoms with van der Waals surface area (Å²) in [4.78, 5) is 11.1. The van der Waals surface area contributed by atoms with E-state index in [0.717, 1.165) is 25.4 Å². The number of halogens is 5. The Morgan fingerprint density at radius 3 is 2.56 bits per heavy atom. The fourth-order valence-electron chi connectivity index (χ4n) is 4.95. The van der Waals surface area contributed by atoms with E-state index in [9.17, 15) is 27.1 Å². The zero-order chi connectivity index (χ0) is 25.8. The van der Waals surface area contributed by atoms with Crippen LogP contribution in [0.1, 0.15) is 31.2 Å². The first kappa shape index (κ1) is 25.0. The standard InChI is InChI=1S/C23H25F5N6OS/c1-32-21-15(19(31-32)14-9-16(23(26,27)28)18(25)20(35)17(14)24)10-29-22(30-21)33-6-7-34(36-2)13(11-33)8-12-4-3-5-12/h9-10,12-13,35H,3-8,11H2,1-2H3. The molecule has 1 saturated heterocycles. The maximum atomic E-state index is 14.7. The van der Waals surface area contributed by atoms with Gasteiger partial charge in [-0.3, -0.25) is 0 Å². The molecule has 3 aromatic rings. The Balaban J connectivity index is 1.50. The van der Waals surface area contributed by atoms with Crippen molar-refractivity contribution in [1.82, 2.24) is 24.1 Å². The lowest BCUT2D eigenvalue weighted by molar-refractivity contribution is -0.140. The summed E-state index contributed by atoms with van der Waals surface area (Å²) in [5.41, 5.74) is -2.39. The molecule has 1 aliphatic heterocycles. The Bertz CT molecular complexity index is 1290. The van der Waals surface area contributed by atoms with Gasteiger partial charge in [-0.1, -0.05) is 31.2 Å². The van der Waals surface area contributed by atoms with Crippen LogP contribution < -0.4 is 4.90 Å². The van der Waals surface area contributed by atoms with Gasteiger partial charge in [0.05, 0.1) is 10.9 Å². The Labute approximate surface area is 208 Å². The van der Waals surface area contributed by atoms with Gasteiger partial charge in [0.25, 0.3) is 0 Å². The van der Waals surface area contributed by atoms with Crippen LogP contribution in [-0.4, -0.2) is 61.1 Å². The number of phenolic OH excluding ortho intramolecular Hbond substituents is 1. The smallest absolute Gasteiger partial charge is 0.419 e. The summed E-state index contributed by atoms with van der Waals surface area (Å²) in [6.07, 6.45) is 3.21. The number of hydrogen-bond donors (Lipinski definition) is 1. The monoisotopic (exact) mass is 528 g/mol. The van der Waals surface area contributed by atoms with E-state index in [0.29, 0.717) is 24.6 Å². The molecule has 2 fully saturated rings. The molecule has 0 amide bonds. The lowest BCUT2D eigenvalue weighted by Gasteiger charge is -2.42. The first-order valence-corrected chi connectivity index (χ1v) is 12.8. The fraction of sp³-hybridized carbons (Fsp3) is 0.522. The largest absolute Gasteiger partial charge is 0.503 e. The lowest BCUT2D eigenvalue weighted by Crippen LogP contribution is -2.51. The second kappa shape index (κ2) is 9.33. The molecule has 3 heterocycles. The Hall–Kier alpha value is -2.67. The third-order valence-electron chi connectivity index (χ3n) is 7.08. The van der Waals surface area contributed by atoms with Crippen molar-refractivity contribution in [3.05, 3.63) is 29.5 Å². The first-order valence-electron chi connectivity index (χ1n) is 11.6. The van der Waals surface area contributed by atoms with Gasteiger partial charge < -0.3 is 10.0 Å². The van der Waals surface area contributed by atoms with Crippen LogP contribution in [0.4, 0.5) is 27.9 Å². The molecule has 0 bridgehead atoms. The van der Waals surface area contributed by atoms with E-state index in [4.69, 9.17) is 0 Å². The van der Waals surface area contributed by atoms with Crippen LogP contribution in [0.2, 0.25) is 0 Å². The highest BCUT2D eigenvalue weighted by molar-refractivity contribution is 7.96. The summed E-state index contributed by atoms with van der Waals surface area (Å²) < 4.78 is 72.2. The maximum Gasteiger partial charge on any atom is 0.419 e. The minimum Gasteiger partial charge on any atom is -0.503 e. The fourth-order valence-corrected chi connectivity index (χ4v) is 5.66. The molecule has 0 radical (unpaired) electrons. The molecule has 1 unspecified atom stereocenters. The van der Waals surface area contributed by atoms with E-state index >= 15 is 0 Å². The Kier molecular flexibility index (Phi) is 6.48. The van der Waals surface area contributed by atoms with Crippen molar-refractivity contribution in [3.63, 3.8) is 0 Å². The molecular weight excluding hydrogens is 503 g/mol. The van der Waals surface area contributed by atoms with Gasteiger partial charge in [0.2, 0.25) is 5.95 Å². The Morgan fingerprint density at radius 1 is 1.17 bits per heavy atom. The molecule has 1 aliphatic carbocycles. The number of piperazine rings is 1. The van der Waals surface area contributed by atoms with Gasteiger partial charge in [-0.15, -0.1) is 0 Å². The van der Waals surface area contributed by atoms with Crippen LogP contribution in [0, 0.1) is 17.6 Å². The summed E-state index contributed by atoms with van der Waals surface area (Å²) in [6, 6.07) is 0.657. The summed E-state index contributed by atoms with van der Waals surface area (Å²) in [7, 11) is 1.53. The molecular formula is C23H25F5N6OS. The number of nitrogens with zero attached hydrogens (tertiary/aromatic N) is 6. The molecule has 5 rings (SSSR count). The molecule has 0 spiro atoms. The number of hydrogen-bond acceptors (Lipinski definition) is 7. The van der Waals surface area contributed by atoms with Crippen molar-refractivity contribution >= 4 is 28.9 Å².